The van der Waals surface area contributed by atoms with Gasteiger partial charge in [-0.3, -0.25) is 9.59 Å². The predicted octanol–water partition coefficient (Wildman–Crippen LogP) is 1.89. The topological polar surface area (TPSA) is 87.5 Å². The van der Waals surface area contributed by atoms with Crippen molar-refractivity contribution < 1.29 is 9.59 Å². The van der Waals surface area contributed by atoms with Gasteiger partial charge in [0.2, 0.25) is 11.8 Å². The molecular formula is C17H28N4O2. The summed E-state index contributed by atoms with van der Waals surface area (Å²) in [5, 5.41) is 5.71. The average molecular weight is 320 g/mol. The SMILES string of the molecule is CCC(CC)(CN)C(=O)Nc1ccc(NC(=O)CN(C)C)cc1. The molecule has 6 nitrogen and oxygen atoms in total. The molecule has 0 aliphatic heterocycles. The number of nitrogens with one attached hydrogen (secondary N) is 2. The van der Waals surface area contributed by atoms with Gasteiger partial charge < -0.3 is 21.3 Å². The summed E-state index contributed by atoms with van der Waals surface area (Å²) in [6, 6.07) is 7.09. The van der Waals surface area contributed by atoms with E-state index in [9.17, 15) is 9.59 Å². The largest absolute Gasteiger partial charge is 0.329 e. The van der Waals surface area contributed by atoms with E-state index >= 15 is 0 Å². The van der Waals surface area contributed by atoms with Gasteiger partial charge in [0.25, 0.3) is 0 Å². The van der Waals surface area contributed by atoms with Crippen LogP contribution in [0.3, 0.4) is 0 Å². The van der Waals surface area contributed by atoms with Crippen molar-refractivity contribution in [3.8, 4) is 0 Å². The monoisotopic (exact) mass is 320 g/mol. The molecule has 4 N–H and O–H groups in total. The molecule has 1 rings (SSSR count). The van der Waals surface area contributed by atoms with Crippen molar-refractivity contribution in [3.05, 3.63) is 24.3 Å². The Bertz CT molecular complexity index is 514. The van der Waals surface area contributed by atoms with Crippen LogP contribution in [0, 0.1) is 5.41 Å². The third-order valence-electron chi connectivity index (χ3n) is 4.11. The summed E-state index contributed by atoms with van der Waals surface area (Å²) in [5.74, 6) is -0.139. The first-order chi connectivity index (χ1) is 10.9. The lowest BCUT2D eigenvalue weighted by Crippen LogP contribution is -2.41. The van der Waals surface area contributed by atoms with Gasteiger partial charge in [0.1, 0.15) is 0 Å². The molecule has 0 atom stereocenters. The molecule has 0 spiro atoms. The summed E-state index contributed by atoms with van der Waals surface area (Å²) < 4.78 is 0. The highest BCUT2D eigenvalue weighted by Gasteiger charge is 2.33. The van der Waals surface area contributed by atoms with Crippen molar-refractivity contribution in [2.24, 2.45) is 11.1 Å². The second kappa shape index (κ2) is 8.64. The Kier molecular flexibility index (Phi) is 7.19. The smallest absolute Gasteiger partial charge is 0.238 e. The van der Waals surface area contributed by atoms with E-state index in [1.54, 1.807) is 29.2 Å². The average Bonchev–Trinajstić information content (AvgIpc) is 2.51. The van der Waals surface area contributed by atoms with E-state index in [-0.39, 0.29) is 11.8 Å². The summed E-state index contributed by atoms with van der Waals surface area (Å²) in [6.07, 6.45) is 1.40. The number of nitrogens with zero attached hydrogens (tertiary/aromatic N) is 1. The van der Waals surface area contributed by atoms with Crippen LogP contribution in [-0.4, -0.2) is 43.9 Å². The van der Waals surface area contributed by atoms with Crippen LogP contribution in [0.4, 0.5) is 11.4 Å². The Morgan fingerprint density at radius 3 is 1.91 bits per heavy atom. The highest BCUT2D eigenvalue weighted by atomic mass is 16.2. The van der Waals surface area contributed by atoms with Gasteiger partial charge in [-0.1, -0.05) is 13.8 Å². The van der Waals surface area contributed by atoms with E-state index in [4.69, 9.17) is 5.73 Å². The van der Waals surface area contributed by atoms with E-state index < -0.39 is 5.41 Å². The summed E-state index contributed by atoms with van der Waals surface area (Å²) >= 11 is 0. The number of benzene rings is 1. The number of likely N-dealkylation sites (N-methyl/N-ethyl adjacent to an activating group) is 1. The maximum absolute atomic E-state index is 12.4. The van der Waals surface area contributed by atoms with Crippen LogP contribution >= 0.6 is 0 Å². The molecule has 0 aromatic heterocycles. The summed E-state index contributed by atoms with van der Waals surface area (Å²) in [7, 11) is 3.67. The van der Waals surface area contributed by atoms with Crippen molar-refractivity contribution >= 4 is 23.2 Å². The Labute approximate surface area is 138 Å². The molecule has 0 saturated heterocycles. The van der Waals surface area contributed by atoms with E-state index in [1.165, 1.54) is 0 Å². The first kappa shape index (κ1) is 19.1. The van der Waals surface area contributed by atoms with Gasteiger partial charge >= 0.3 is 0 Å². The fourth-order valence-corrected chi connectivity index (χ4v) is 2.34. The molecule has 0 aliphatic carbocycles. The summed E-state index contributed by atoms with van der Waals surface area (Å²) in [6.45, 7) is 4.59. The third kappa shape index (κ3) is 5.33. The van der Waals surface area contributed by atoms with Crippen molar-refractivity contribution in [1.82, 2.24) is 4.90 Å². The van der Waals surface area contributed by atoms with Gasteiger partial charge in [-0.25, -0.2) is 0 Å². The van der Waals surface area contributed by atoms with Crippen molar-refractivity contribution in [2.75, 3.05) is 37.8 Å². The van der Waals surface area contributed by atoms with Crippen molar-refractivity contribution in [1.29, 1.82) is 0 Å². The van der Waals surface area contributed by atoms with Crippen LogP contribution in [0.2, 0.25) is 0 Å². The Morgan fingerprint density at radius 2 is 1.52 bits per heavy atom. The molecule has 1 aromatic carbocycles. The molecule has 0 fully saturated rings. The summed E-state index contributed by atoms with van der Waals surface area (Å²) in [5.41, 5.74) is 6.66. The normalized spacial score (nSPS) is 11.4. The number of carbonyl (C=O) groups excluding carboxylic acids is 2. The minimum atomic E-state index is -0.529. The number of nitrogens with two attached hydrogens (primary N) is 1. The van der Waals surface area contributed by atoms with Gasteiger partial charge in [-0.2, -0.15) is 0 Å². The van der Waals surface area contributed by atoms with Crippen molar-refractivity contribution in [3.63, 3.8) is 0 Å². The zero-order valence-electron chi connectivity index (χ0n) is 14.5. The minimum absolute atomic E-state index is 0.0607. The predicted molar refractivity (Wildman–Crippen MR) is 94.3 cm³/mol. The van der Waals surface area contributed by atoms with Crippen LogP contribution in [0.25, 0.3) is 0 Å². The molecule has 128 valence electrons. The fraction of sp³-hybridized carbons (Fsp3) is 0.529. The number of anilines is 2. The van der Waals surface area contributed by atoms with Gasteiger partial charge in [0, 0.05) is 17.9 Å². The molecule has 6 heteroatoms. The van der Waals surface area contributed by atoms with E-state index in [0.717, 1.165) is 0 Å². The molecule has 0 bridgehead atoms. The van der Waals surface area contributed by atoms with Crippen LogP contribution in [0.5, 0.6) is 0 Å². The number of carbonyl (C=O) groups is 2. The molecule has 2 amide bonds. The summed E-state index contributed by atoms with van der Waals surface area (Å²) in [4.78, 5) is 25.9. The number of amides is 2. The third-order valence-corrected chi connectivity index (χ3v) is 4.11. The van der Waals surface area contributed by atoms with Crippen LogP contribution in [0.1, 0.15) is 26.7 Å². The van der Waals surface area contributed by atoms with E-state index in [1.807, 2.05) is 27.9 Å². The standard InChI is InChI=1S/C17H28N4O2/c1-5-17(6-2,12-18)16(23)20-14-9-7-13(8-10-14)19-15(22)11-21(3)4/h7-10H,5-6,11-12,18H2,1-4H3,(H,19,22)(H,20,23). The fourth-order valence-electron chi connectivity index (χ4n) is 2.34. The lowest BCUT2D eigenvalue weighted by molar-refractivity contribution is -0.125. The molecule has 0 unspecified atom stereocenters. The van der Waals surface area contributed by atoms with E-state index in [0.29, 0.717) is 37.3 Å². The van der Waals surface area contributed by atoms with E-state index in [2.05, 4.69) is 10.6 Å². The van der Waals surface area contributed by atoms with Crippen LogP contribution in [-0.2, 0) is 9.59 Å². The van der Waals surface area contributed by atoms with Gasteiger partial charge in [0.05, 0.1) is 12.0 Å². The van der Waals surface area contributed by atoms with Gasteiger partial charge in [-0.05, 0) is 51.2 Å². The van der Waals surface area contributed by atoms with Crippen LogP contribution < -0.4 is 16.4 Å². The zero-order chi connectivity index (χ0) is 17.5. The molecular weight excluding hydrogens is 292 g/mol. The number of hydrogen-bond donors (Lipinski definition) is 3. The lowest BCUT2D eigenvalue weighted by atomic mass is 9.81. The zero-order valence-corrected chi connectivity index (χ0v) is 14.5. The molecule has 1 aromatic rings. The number of hydrogen-bond acceptors (Lipinski definition) is 4. The first-order valence-corrected chi connectivity index (χ1v) is 7.93. The molecule has 0 radical (unpaired) electrons. The second-order valence-electron chi connectivity index (χ2n) is 6.01. The quantitative estimate of drug-likeness (QED) is 0.682. The van der Waals surface area contributed by atoms with Gasteiger partial charge in [-0.15, -0.1) is 0 Å². The molecule has 0 heterocycles. The highest BCUT2D eigenvalue weighted by Crippen LogP contribution is 2.27. The van der Waals surface area contributed by atoms with Crippen LogP contribution in [0.15, 0.2) is 24.3 Å². The molecule has 0 saturated carbocycles. The Hall–Kier alpha value is -1.92. The maximum atomic E-state index is 12.4. The minimum Gasteiger partial charge on any atom is -0.329 e. The van der Waals surface area contributed by atoms with Gasteiger partial charge in [0.15, 0.2) is 0 Å². The van der Waals surface area contributed by atoms with Crippen molar-refractivity contribution in [2.45, 2.75) is 26.7 Å². The second-order valence-corrected chi connectivity index (χ2v) is 6.01. The Morgan fingerprint density at radius 1 is 1.04 bits per heavy atom. The maximum Gasteiger partial charge on any atom is 0.238 e. The Balaban J connectivity index is 2.70. The highest BCUT2D eigenvalue weighted by molar-refractivity contribution is 5.96. The molecule has 0 aliphatic rings. The first-order valence-electron chi connectivity index (χ1n) is 7.93. The number of rotatable bonds is 8. The lowest BCUT2D eigenvalue weighted by Gasteiger charge is -2.28. The molecule has 23 heavy (non-hydrogen) atoms.